The van der Waals surface area contributed by atoms with Crippen molar-refractivity contribution in [1.82, 2.24) is 5.32 Å². The number of aryl methyl sites for hydroxylation is 1. The lowest BCUT2D eigenvalue weighted by Gasteiger charge is -2.40. The molecule has 0 radical (unpaired) electrons. The van der Waals surface area contributed by atoms with Crippen molar-refractivity contribution < 1.29 is 50.4 Å². The van der Waals surface area contributed by atoms with Crippen molar-refractivity contribution in [3.05, 3.63) is 70.3 Å². The quantitative estimate of drug-likeness (QED) is 0.169. The van der Waals surface area contributed by atoms with Crippen LogP contribution in [0.25, 0.3) is 6.08 Å². The first-order chi connectivity index (χ1) is 18.6. The number of phenols is 1. The summed E-state index contributed by atoms with van der Waals surface area (Å²) in [6.45, 7) is -0.529. The second kappa shape index (κ2) is 13.5. The molecule has 1 amide bonds. The van der Waals surface area contributed by atoms with Gasteiger partial charge in [0.15, 0.2) is 0 Å². The molecule has 2 aromatic rings. The predicted molar refractivity (Wildman–Crippen MR) is 141 cm³/mol. The van der Waals surface area contributed by atoms with Gasteiger partial charge in [0, 0.05) is 12.0 Å². The van der Waals surface area contributed by atoms with Crippen molar-refractivity contribution in [2.75, 3.05) is 26.4 Å². The Morgan fingerprint density at radius 3 is 2.21 bits per heavy atom. The average Bonchev–Trinajstić information content (AvgIpc) is 2.93. The number of hydrogen-bond donors (Lipinski definition) is 9. The lowest BCUT2D eigenvalue weighted by Crippen LogP contribution is -2.56. The van der Waals surface area contributed by atoms with E-state index in [0.717, 1.165) is 22.3 Å². The molecule has 11 nitrogen and oxygen atoms in total. The van der Waals surface area contributed by atoms with Crippen molar-refractivity contribution in [2.45, 2.75) is 55.8 Å². The molecule has 2 aromatic carbocycles. The normalized spacial score (nSPS) is 23.7. The predicted octanol–water partition coefficient (Wildman–Crippen LogP) is -0.958. The van der Waals surface area contributed by atoms with Gasteiger partial charge in [-0.15, -0.1) is 0 Å². The van der Waals surface area contributed by atoms with Gasteiger partial charge in [0.25, 0.3) is 0 Å². The standard InChI is InChI=1S/C28H37NO10/c1-16-9-21(34)20(27-26(38)25(37)24(36)22(12-30)39-27)11-19(16)10-18-7-5-17(6-8-18)3-2-4-23(35)29-28(13-31,14-32)15-33/h2-3,5-9,11,22,24-27,30-34,36-38H,4,10,12-15H2,1H3,(H,29,35)/b3-2+/t22-,24-,25+,26-,27+/m1/s1. The van der Waals surface area contributed by atoms with Crippen LogP contribution in [0.2, 0.25) is 0 Å². The Labute approximate surface area is 226 Å². The van der Waals surface area contributed by atoms with Gasteiger partial charge < -0.3 is 50.9 Å². The fourth-order valence-electron chi connectivity index (χ4n) is 4.42. The number of aromatic hydroxyl groups is 1. The van der Waals surface area contributed by atoms with Crippen molar-refractivity contribution in [2.24, 2.45) is 0 Å². The number of carbonyl (C=O) groups excluding carboxylic acids is 1. The van der Waals surface area contributed by atoms with Crippen LogP contribution in [0.1, 0.15) is 40.3 Å². The number of hydrogen-bond acceptors (Lipinski definition) is 10. The fraction of sp³-hybridized carbons (Fsp3) is 0.464. The number of aliphatic hydroxyl groups is 7. The van der Waals surface area contributed by atoms with Gasteiger partial charge in [0.05, 0.1) is 26.4 Å². The third-order valence-electron chi connectivity index (χ3n) is 6.98. The first-order valence-electron chi connectivity index (χ1n) is 12.6. The fourth-order valence-corrected chi connectivity index (χ4v) is 4.42. The smallest absolute Gasteiger partial charge is 0.224 e. The molecule has 0 aliphatic carbocycles. The highest BCUT2D eigenvalue weighted by Crippen LogP contribution is 2.38. The Hall–Kier alpha value is -2.87. The summed E-state index contributed by atoms with van der Waals surface area (Å²) in [7, 11) is 0. The van der Waals surface area contributed by atoms with Gasteiger partial charge in [0.2, 0.25) is 5.91 Å². The third-order valence-corrected chi connectivity index (χ3v) is 6.98. The number of phenolic OH excluding ortho intramolecular Hbond substituents is 1. The van der Waals surface area contributed by atoms with Crippen LogP contribution in [0.4, 0.5) is 0 Å². The molecule has 0 bridgehead atoms. The van der Waals surface area contributed by atoms with Crippen LogP contribution < -0.4 is 5.32 Å². The minimum Gasteiger partial charge on any atom is -0.508 e. The van der Waals surface area contributed by atoms with E-state index in [0.29, 0.717) is 6.42 Å². The Kier molecular flexibility index (Phi) is 10.6. The highest BCUT2D eigenvalue weighted by atomic mass is 16.5. The van der Waals surface area contributed by atoms with Gasteiger partial charge in [-0.25, -0.2) is 0 Å². The van der Waals surface area contributed by atoms with Gasteiger partial charge in [-0.3, -0.25) is 4.79 Å². The zero-order valence-electron chi connectivity index (χ0n) is 21.6. The van der Waals surface area contributed by atoms with Gasteiger partial charge in [-0.2, -0.15) is 0 Å². The van der Waals surface area contributed by atoms with E-state index in [2.05, 4.69) is 5.32 Å². The highest BCUT2D eigenvalue weighted by Gasteiger charge is 2.44. The molecule has 0 spiro atoms. The molecule has 3 rings (SSSR count). The highest BCUT2D eigenvalue weighted by molar-refractivity contribution is 5.79. The molecule has 0 aromatic heterocycles. The molecule has 1 fully saturated rings. The molecule has 11 heteroatoms. The first kappa shape index (κ1) is 30.7. The number of ether oxygens (including phenoxy) is 1. The number of carbonyl (C=O) groups is 1. The minimum absolute atomic E-state index is 0.0169. The van der Waals surface area contributed by atoms with Gasteiger partial charge in [-0.1, -0.05) is 36.4 Å². The van der Waals surface area contributed by atoms with Gasteiger partial charge in [-0.05, 0) is 47.7 Å². The Morgan fingerprint density at radius 2 is 1.62 bits per heavy atom. The van der Waals surface area contributed by atoms with E-state index in [9.17, 15) is 45.6 Å². The van der Waals surface area contributed by atoms with Crippen LogP contribution in [0.5, 0.6) is 5.75 Å². The number of amides is 1. The maximum atomic E-state index is 12.1. The molecule has 1 aliphatic rings. The SMILES string of the molecule is Cc1cc(O)c([C@@H]2O[C@H](CO)[C@@H](O)[C@H](O)[C@H]2O)cc1Cc1ccc(/C=C/CC(=O)NC(CO)(CO)CO)cc1. The molecule has 0 unspecified atom stereocenters. The van der Waals surface area contributed by atoms with Crippen LogP contribution in [-0.2, 0) is 16.0 Å². The molecule has 214 valence electrons. The Bertz CT molecular complexity index is 1120. The van der Waals surface area contributed by atoms with Gasteiger partial charge in [0.1, 0.15) is 41.8 Å². The number of nitrogens with one attached hydrogen (secondary N) is 1. The monoisotopic (exact) mass is 547 g/mol. The van der Waals surface area contributed by atoms with Crippen molar-refractivity contribution in [3.63, 3.8) is 0 Å². The minimum atomic E-state index is -1.56. The van der Waals surface area contributed by atoms with E-state index in [4.69, 9.17) is 4.74 Å². The first-order valence-corrected chi connectivity index (χ1v) is 12.6. The summed E-state index contributed by atoms with van der Waals surface area (Å²) >= 11 is 0. The van der Waals surface area contributed by atoms with Gasteiger partial charge >= 0.3 is 0 Å². The summed E-state index contributed by atoms with van der Waals surface area (Å²) in [5.74, 6) is -0.600. The number of aliphatic hydroxyl groups excluding tert-OH is 7. The molecule has 0 saturated carbocycles. The summed E-state index contributed by atoms with van der Waals surface area (Å²) in [5, 5.41) is 81.1. The van der Waals surface area contributed by atoms with Crippen LogP contribution in [0.3, 0.4) is 0 Å². The summed E-state index contributed by atoms with van der Waals surface area (Å²) in [4.78, 5) is 12.1. The summed E-state index contributed by atoms with van der Waals surface area (Å²) in [5.41, 5.74) is 2.16. The average molecular weight is 548 g/mol. The van der Waals surface area contributed by atoms with E-state index in [1.54, 1.807) is 18.2 Å². The van der Waals surface area contributed by atoms with E-state index in [1.165, 1.54) is 6.07 Å². The second-order valence-corrected chi connectivity index (χ2v) is 9.91. The van der Waals surface area contributed by atoms with Crippen molar-refractivity contribution >= 4 is 12.0 Å². The number of rotatable bonds is 11. The summed E-state index contributed by atoms with van der Waals surface area (Å²) < 4.78 is 5.62. The molecule has 5 atom stereocenters. The lowest BCUT2D eigenvalue weighted by atomic mass is 9.88. The van der Waals surface area contributed by atoms with Crippen LogP contribution in [0.15, 0.2) is 42.5 Å². The summed E-state index contributed by atoms with van der Waals surface area (Å²) in [6, 6.07) is 10.7. The maximum absolute atomic E-state index is 12.1. The Balaban J connectivity index is 1.69. The zero-order valence-corrected chi connectivity index (χ0v) is 21.6. The van der Waals surface area contributed by atoms with Crippen LogP contribution >= 0.6 is 0 Å². The molecule has 1 aliphatic heterocycles. The molecule has 1 saturated heterocycles. The molecule has 39 heavy (non-hydrogen) atoms. The molecule has 1 heterocycles. The van der Waals surface area contributed by atoms with E-state index >= 15 is 0 Å². The number of benzene rings is 2. The van der Waals surface area contributed by atoms with Crippen molar-refractivity contribution in [1.29, 1.82) is 0 Å². The zero-order chi connectivity index (χ0) is 28.7. The van der Waals surface area contributed by atoms with Crippen molar-refractivity contribution in [3.8, 4) is 5.75 Å². The second-order valence-electron chi connectivity index (χ2n) is 9.91. The molecular weight excluding hydrogens is 510 g/mol. The summed E-state index contributed by atoms with van der Waals surface area (Å²) in [6.07, 6.45) is -2.98. The van der Waals surface area contributed by atoms with E-state index in [-0.39, 0.29) is 17.7 Å². The topological polar surface area (TPSA) is 200 Å². The van der Waals surface area contributed by atoms with Crippen LogP contribution in [0, 0.1) is 6.92 Å². The van der Waals surface area contributed by atoms with E-state index in [1.807, 2.05) is 31.2 Å². The Morgan fingerprint density at radius 1 is 0.974 bits per heavy atom. The maximum Gasteiger partial charge on any atom is 0.224 e. The molecule has 9 N–H and O–H groups in total. The molecular formula is C28H37NO10. The van der Waals surface area contributed by atoms with Crippen LogP contribution in [-0.4, -0.2) is 103 Å². The third kappa shape index (κ3) is 7.21. The lowest BCUT2D eigenvalue weighted by molar-refractivity contribution is -0.232. The van der Waals surface area contributed by atoms with E-state index < -0.39 is 68.4 Å². The largest absolute Gasteiger partial charge is 0.508 e.